The van der Waals surface area contributed by atoms with E-state index in [9.17, 15) is 0 Å². The highest BCUT2D eigenvalue weighted by molar-refractivity contribution is 5.58. The fraction of sp³-hybridized carbons (Fsp3) is 0.684. The number of benzene rings is 1. The van der Waals surface area contributed by atoms with Crippen LogP contribution in [0.1, 0.15) is 45.1 Å². The second-order valence-electron chi connectivity index (χ2n) is 7.25. The van der Waals surface area contributed by atoms with Gasteiger partial charge in [0.05, 0.1) is 6.10 Å². The predicted molar refractivity (Wildman–Crippen MR) is 92.8 cm³/mol. The van der Waals surface area contributed by atoms with Crippen LogP contribution in [0.15, 0.2) is 18.2 Å². The van der Waals surface area contributed by atoms with Gasteiger partial charge in [-0.3, -0.25) is 0 Å². The summed E-state index contributed by atoms with van der Waals surface area (Å²) in [4.78, 5) is 2.55. The molecule has 2 atom stereocenters. The van der Waals surface area contributed by atoms with E-state index in [0.29, 0.717) is 0 Å². The Morgan fingerprint density at radius 2 is 2.18 bits per heavy atom. The molecule has 1 N–H and O–H groups in total. The molecule has 3 rings (SSSR count). The minimum absolute atomic E-state index is 0.234. The van der Waals surface area contributed by atoms with Gasteiger partial charge in [-0.15, -0.1) is 0 Å². The number of nitrogens with zero attached hydrogens (tertiary/aromatic N) is 1. The maximum absolute atomic E-state index is 6.01. The van der Waals surface area contributed by atoms with Gasteiger partial charge in [-0.05, 0) is 77.6 Å². The average molecular weight is 302 g/mol. The number of ether oxygens (including phenoxy) is 1. The van der Waals surface area contributed by atoms with Gasteiger partial charge in [0.15, 0.2) is 0 Å². The molecule has 1 aromatic carbocycles. The van der Waals surface area contributed by atoms with Crippen LogP contribution < -0.4 is 10.1 Å². The van der Waals surface area contributed by atoms with Crippen molar-refractivity contribution in [3.8, 4) is 5.75 Å². The van der Waals surface area contributed by atoms with E-state index >= 15 is 0 Å². The van der Waals surface area contributed by atoms with Gasteiger partial charge < -0.3 is 15.0 Å². The first-order valence-electron chi connectivity index (χ1n) is 8.86. The van der Waals surface area contributed by atoms with Crippen LogP contribution in [0, 0.1) is 5.92 Å². The van der Waals surface area contributed by atoms with Crippen molar-refractivity contribution in [2.45, 2.75) is 58.1 Å². The van der Waals surface area contributed by atoms with Crippen LogP contribution in [0.4, 0.5) is 5.69 Å². The standard InChI is InChI=1S/C19H30N2O/c1-14(2)22-19-8-4-7-18-17(19)10-9-15(13-20-18)12-16-6-5-11-21(16)3/h4,7-8,14-16,20H,5-6,9-13H2,1-3H3/t15-,16+/m0/s1. The monoisotopic (exact) mass is 302 g/mol. The second kappa shape index (κ2) is 6.91. The molecular formula is C19H30N2O. The highest BCUT2D eigenvalue weighted by Gasteiger charge is 2.26. The lowest BCUT2D eigenvalue weighted by Gasteiger charge is -2.24. The maximum atomic E-state index is 6.01. The molecule has 0 amide bonds. The lowest BCUT2D eigenvalue weighted by atomic mass is 9.93. The van der Waals surface area contributed by atoms with Crippen molar-refractivity contribution >= 4 is 5.69 Å². The molecule has 1 aromatic rings. The Labute approximate surface area is 135 Å². The third kappa shape index (κ3) is 3.57. The molecule has 22 heavy (non-hydrogen) atoms. The molecule has 3 heteroatoms. The first kappa shape index (κ1) is 15.7. The largest absolute Gasteiger partial charge is 0.491 e. The topological polar surface area (TPSA) is 24.5 Å². The molecule has 122 valence electrons. The predicted octanol–water partition coefficient (Wildman–Crippen LogP) is 3.93. The number of nitrogens with one attached hydrogen (secondary N) is 1. The number of likely N-dealkylation sites (tertiary alicyclic amines) is 1. The Kier molecular flexibility index (Phi) is 4.92. The molecule has 0 radical (unpaired) electrons. The number of hydrogen-bond donors (Lipinski definition) is 1. The van der Waals surface area contributed by atoms with Crippen LogP contribution in [-0.2, 0) is 6.42 Å². The zero-order valence-electron chi connectivity index (χ0n) is 14.3. The van der Waals surface area contributed by atoms with Crippen molar-refractivity contribution in [1.29, 1.82) is 0 Å². The number of anilines is 1. The molecule has 1 fully saturated rings. The number of rotatable bonds is 4. The zero-order valence-corrected chi connectivity index (χ0v) is 14.3. The summed E-state index contributed by atoms with van der Waals surface area (Å²) in [6.07, 6.45) is 6.71. The summed E-state index contributed by atoms with van der Waals surface area (Å²) < 4.78 is 6.01. The SMILES string of the molecule is CC(C)Oc1cccc2c1CC[C@@H](C[C@H]1CCCN1C)CN2. The van der Waals surface area contributed by atoms with Crippen LogP contribution >= 0.6 is 0 Å². The fourth-order valence-electron chi connectivity index (χ4n) is 3.92. The van der Waals surface area contributed by atoms with Gasteiger partial charge in [-0.25, -0.2) is 0 Å². The van der Waals surface area contributed by atoms with E-state index in [4.69, 9.17) is 4.74 Å². The van der Waals surface area contributed by atoms with Gasteiger partial charge in [0.25, 0.3) is 0 Å². The molecule has 2 heterocycles. The minimum Gasteiger partial charge on any atom is -0.491 e. The number of hydrogen-bond acceptors (Lipinski definition) is 3. The molecule has 0 bridgehead atoms. The minimum atomic E-state index is 0.234. The van der Waals surface area contributed by atoms with E-state index in [1.54, 1.807) is 0 Å². The summed E-state index contributed by atoms with van der Waals surface area (Å²) in [6, 6.07) is 7.21. The van der Waals surface area contributed by atoms with Crippen LogP contribution in [-0.4, -0.2) is 37.2 Å². The van der Waals surface area contributed by atoms with E-state index in [1.165, 1.54) is 43.5 Å². The Balaban J connectivity index is 1.67. The summed E-state index contributed by atoms with van der Waals surface area (Å²) in [5.41, 5.74) is 2.65. The van der Waals surface area contributed by atoms with Crippen molar-refractivity contribution in [3.05, 3.63) is 23.8 Å². The number of fused-ring (bicyclic) bond motifs is 1. The summed E-state index contributed by atoms with van der Waals surface area (Å²) in [5, 5.41) is 3.68. The van der Waals surface area contributed by atoms with E-state index in [-0.39, 0.29) is 6.10 Å². The van der Waals surface area contributed by atoms with Crippen LogP contribution in [0.5, 0.6) is 5.75 Å². The van der Waals surface area contributed by atoms with Crippen LogP contribution in [0.2, 0.25) is 0 Å². The van der Waals surface area contributed by atoms with E-state index in [1.807, 2.05) is 0 Å². The molecule has 0 aliphatic carbocycles. The molecule has 0 aromatic heterocycles. The highest BCUT2D eigenvalue weighted by Crippen LogP contribution is 2.34. The van der Waals surface area contributed by atoms with Crippen molar-refractivity contribution in [2.24, 2.45) is 5.92 Å². The Bertz CT molecular complexity index is 500. The van der Waals surface area contributed by atoms with Gasteiger partial charge in [-0.1, -0.05) is 6.07 Å². The van der Waals surface area contributed by atoms with Crippen molar-refractivity contribution in [2.75, 3.05) is 25.5 Å². The Morgan fingerprint density at radius 3 is 2.91 bits per heavy atom. The van der Waals surface area contributed by atoms with Gasteiger partial charge in [0.2, 0.25) is 0 Å². The highest BCUT2D eigenvalue weighted by atomic mass is 16.5. The molecular weight excluding hydrogens is 272 g/mol. The molecule has 3 nitrogen and oxygen atoms in total. The van der Waals surface area contributed by atoms with Crippen LogP contribution in [0.25, 0.3) is 0 Å². The van der Waals surface area contributed by atoms with Gasteiger partial charge in [0.1, 0.15) is 5.75 Å². The average Bonchev–Trinajstić information content (AvgIpc) is 2.76. The van der Waals surface area contributed by atoms with Crippen molar-refractivity contribution in [1.82, 2.24) is 4.90 Å². The first-order chi connectivity index (χ1) is 10.6. The molecule has 0 unspecified atom stereocenters. The van der Waals surface area contributed by atoms with Gasteiger partial charge >= 0.3 is 0 Å². The first-order valence-corrected chi connectivity index (χ1v) is 8.86. The van der Waals surface area contributed by atoms with E-state index < -0.39 is 0 Å². The Morgan fingerprint density at radius 1 is 1.32 bits per heavy atom. The molecule has 0 saturated carbocycles. The third-order valence-corrected chi connectivity index (χ3v) is 5.16. The normalized spacial score (nSPS) is 25.6. The Hall–Kier alpha value is -1.22. The molecule has 2 aliphatic heterocycles. The van der Waals surface area contributed by atoms with Crippen molar-refractivity contribution < 1.29 is 4.74 Å². The van der Waals surface area contributed by atoms with Gasteiger partial charge in [0, 0.05) is 23.8 Å². The second-order valence-corrected chi connectivity index (χ2v) is 7.25. The summed E-state index contributed by atoms with van der Waals surface area (Å²) >= 11 is 0. The fourth-order valence-corrected chi connectivity index (χ4v) is 3.92. The molecule has 0 spiro atoms. The molecule has 1 saturated heterocycles. The smallest absolute Gasteiger partial charge is 0.124 e. The van der Waals surface area contributed by atoms with Gasteiger partial charge in [-0.2, -0.15) is 0 Å². The summed E-state index contributed by atoms with van der Waals surface area (Å²) in [5.74, 6) is 1.84. The lowest BCUT2D eigenvalue weighted by molar-refractivity contribution is 0.239. The lowest BCUT2D eigenvalue weighted by Crippen LogP contribution is -2.29. The van der Waals surface area contributed by atoms with E-state index in [2.05, 4.69) is 49.3 Å². The zero-order chi connectivity index (χ0) is 15.5. The summed E-state index contributed by atoms with van der Waals surface area (Å²) in [6.45, 7) is 6.57. The van der Waals surface area contributed by atoms with Crippen molar-refractivity contribution in [3.63, 3.8) is 0 Å². The quantitative estimate of drug-likeness (QED) is 0.912. The molecule has 2 aliphatic rings. The van der Waals surface area contributed by atoms with Crippen LogP contribution in [0.3, 0.4) is 0 Å². The third-order valence-electron chi connectivity index (χ3n) is 5.16. The summed E-state index contributed by atoms with van der Waals surface area (Å²) in [7, 11) is 2.28. The maximum Gasteiger partial charge on any atom is 0.124 e. The van der Waals surface area contributed by atoms with E-state index in [0.717, 1.165) is 30.7 Å².